The SMILES string of the molecule is OC1CC2CCC(C1)N2CCN1CCOCC1. The predicted octanol–water partition coefficient (Wildman–Crippen LogP) is 0.306. The van der Waals surface area contributed by atoms with E-state index in [0.29, 0.717) is 12.1 Å². The van der Waals surface area contributed by atoms with Gasteiger partial charge in [0.15, 0.2) is 0 Å². The van der Waals surface area contributed by atoms with Crippen molar-refractivity contribution in [2.24, 2.45) is 0 Å². The summed E-state index contributed by atoms with van der Waals surface area (Å²) in [6, 6.07) is 1.31. The van der Waals surface area contributed by atoms with Crippen molar-refractivity contribution in [1.29, 1.82) is 0 Å². The molecular formula is C13H24N2O2. The maximum absolute atomic E-state index is 9.77. The molecule has 0 saturated carbocycles. The molecule has 2 unspecified atom stereocenters. The van der Waals surface area contributed by atoms with Crippen molar-refractivity contribution < 1.29 is 9.84 Å². The van der Waals surface area contributed by atoms with E-state index in [9.17, 15) is 5.11 Å². The Morgan fingerprint density at radius 1 is 1.00 bits per heavy atom. The van der Waals surface area contributed by atoms with Crippen LogP contribution < -0.4 is 0 Å². The van der Waals surface area contributed by atoms with Crippen LogP contribution in [0.2, 0.25) is 0 Å². The average molecular weight is 240 g/mol. The summed E-state index contributed by atoms with van der Waals surface area (Å²) in [5.41, 5.74) is 0. The molecule has 0 aliphatic carbocycles. The molecule has 17 heavy (non-hydrogen) atoms. The summed E-state index contributed by atoms with van der Waals surface area (Å²) in [6.07, 6.45) is 4.56. The topological polar surface area (TPSA) is 35.9 Å². The molecule has 3 aliphatic heterocycles. The van der Waals surface area contributed by atoms with Crippen LogP contribution in [-0.2, 0) is 4.74 Å². The van der Waals surface area contributed by atoms with E-state index in [1.165, 1.54) is 25.9 Å². The Morgan fingerprint density at radius 3 is 2.29 bits per heavy atom. The van der Waals surface area contributed by atoms with Crippen molar-refractivity contribution in [2.75, 3.05) is 39.4 Å². The average Bonchev–Trinajstić information content (AvgIpc) is 2.59. The third-order valence-electron chi connectivity index (χ3n) is 4.64. The number of aliphatic hydroxyl groups excluding tert-OH is 1. The Labute approximate surface area is 104 Å². The van der Waals surface area contributed by atoms with Gasteiger partial charge in [0.1, 0.15) is 0 Å². The zero-order valence-corrected chi connectivity index (χ0v) is 10.6. The smallest absolute Gasteiger partial charge is 0.0594 e. The summed E-state index contributed by atoms with van der Waals surface area (Å²) >= 11 is 0. The number of aliphatic hydroxyl groups is 1. The molecule has 2 bridgehead atoms. The summed E-state index contributed by atoms with van der Waals surface area (Å²) in [5, 5.41) is 9.77. The van der Waals surface area contributed by atoms with Crippen molar-refractivity contribution in [1.82, 2.24) is 9.80 Å². The molecule has 3 fully saturated rings. The van der Waals surface area contributed by atoms with E-state index in [1.807, 2.05) is 0 Å². The maximum Gasteiger partial charge on any atom is 0.0594 e. The summed E-state index contributed by atoms with van der Waals surface area (Å²) in [7, 11) is 0. The normalized spacial score (nSPS) is 39.7. The monoisotopic (exact) mass is 240 g/mol. The molecule has 2 atom stereocenters. The van der Waals surface area contributed by atoms with Crippen molar-refractivity contribution >= 4 is 0 Å². The van der Waals surface area contributed by atoms with Crippen molar-refractivity contribution in [3.05, 3.63) is 0 Å². The first-order chi connectivity index (χ1) is 8.33. The van der Waals surface area contributed by atoms with Crippen LogP contribution in [0.25, 0.3) is 0 Å². The van der Waals surface area contributed by atoms with E-state index in [4.69, 9.17) is 4.74 Å². The van der Waals surface area contributed by atoms with Crippen LogP contribution in [0.15, 0.2) is 0 Å². The summed E-state index contributed by atoms with van der Waals surface area (Å²) in [6.45, 7) is 6.32. The van der Waals surface area contributed by atoms with Gasteiger partial charge in [0.05, 0.1) is 19.3 Å². The molecule has 0 aromatic carbocycles. The van der Waals surface area contributed by atoms with E-state index in [1.54, 1.807) is 0 Å². The minimum Gasteiger partial charge on any atom is -0.393 e. The third kappa shape index (κ3) is 2.65. The molecular weight excluding hydrogens is 216 g/mol. The van der Waals surface area contributed by atoms with Crippen LogP contribution in [0.5, 0.6) is 0 Å². The minimum atomic E-state index is -0.0351. The Morgan fingerprint density at radius 2 is 1.65 bits per heavy atom. The molecule has 1 N–H and O–H groups in total. The lowest BCUT2D eigenvalue weighted by Gasteiger charge is -2.38. The van der Waals surface area contributed by atoms with Gasteiger partial charge in [-0.2, -0.15) is 0 Å². The van der Waals surface area contributed by atoms with Crippen molar-refractivity contribution in [2.45, 2.75) is 43.9 Å². The largest absolute Gasteiger partial charge is 0.393 e. The van der Waals surface area contributed by atoms with Crippen LogP contribution in [0.4, 0.5) is 0 Å². The molecule has 3 rings (SSSR count). The zero-order valence-electron chi connectivity index (χ0n) is 10.6. The number of piperidine rings is 1. The van der Waals surface area contributed by atoms with Crippen LogP contribution in [0.3, 0.4) is 0 Å². The van der Waals surface area contributed by atoms with Gasteiger partial charge in [0.2, 0.25) is 0 Å². The fraction of sp³-hybridized carbons (Fsp3) is 1.00. The Bertz CT molecular complexity index is 242. The molecule has 3 aliphatic rings. The molecule has 98 valence electrons. The highest BCUT2D eigenvalue weighted by Gasteiger charge is 2.39. The fourth-order valence-corrected chi connectivity index (χ4v) is 3.69. The summed E-state index contributed by atoms with van der Waals surface area (Å²) in [5.74, 6) is 0. The molecule has 0 aromatic rings. The molecule has 0 aromatic heterocycles. The second-order valence-electron chi connectivity index (χ2n) is 5.70. The second-order valence-corrected chi connectivity index (χ2v) is 5.70. The number of morpholine rings is 1. The van der Waals surface area contributed by atoms with Gasteiger partial charge >= 0.3 is 0 Å². The number of rotatable bonds is 3. The van der Waals surface area contributed by atoms with E-state index in [-0.39, 0.29) is 6.10 Å². The van der Waals surface area contributed by atoms with E-state index < -0.39 is 0 Å². The van der Waals surface area contributed by atoms with Gasteiger partial charge in [-0.3, -0.25) is 9.80 Å². The number of nitrogens with zero attached hydrogens (tertiary/aromatic N) is 2. The zero-order chi connectivity index (χ0) is 11.7. The van der Waals surface area contributed by atoms with Gasteiger partial charge in [-0.05, 0) is 25.7 Å². The lowest BCUT2D eigenvalue weighted by Crippen LogP contribution is -2.49. The third-order valence-corrected chi connectivity index (χ3v) is 4.64. The summed E-state index contributed by atoms with van der Waals surface area (Å²) < 4.78 is 5.37. The Kier molecular flexibility index (Phi) is 3.66. The lowest BCUT2D eigenvalue weighted by atomic mass is 10.00. The molecule has 4 heteroatoms. The first-order valence-electron chi connectivity index (χ1n) is 7.07. The maximum atomic E-state index is 9.77. The lowest BCUT2D eigenvalue weighted by molar-refractivity contribution is 0.0102. The van der Waals surface area contributed by atoms with Gasteiger partial charge in [-0.25, -0.2) is 0 Å². The van der Waals surface area contributed by atoms with Gasteiger partial charge < -0.3 is 9.84 Å². The first-order valence-corrected chi connectivity index (χ1v) is 7.07. The first kappa shape index (κ1) is 11.9. The van der Waals surface area contributed by atoms with E-state index in [2.05, 4.69) is 9.80 Å². The van der Waals surface area contributed by atoms with Crippen molar-refractivity contribution in [3.63, 3.8) is 0 Å². The summed E-state index contributed by atoms with van der Waals surface area (Å²) in [4.78, 5) is 5.16. The molecule has 3 saturated heterocycles. The van der Waals surface area contributed by atoms with Gasteiger partial charge in [0.25, 0.3) is 0 Å². The molecule has 3 heterocycles. The molecule has 0 radical (unpaired) electrons. The number of hydrogen-bond donors (Lipinski definition) is 1. The number of ether oxygens (including phenoxy) is 1. The van der Waals surface area contributed by atoms with Crippen LogP contribution in [-0.4, -0.2) is 72.5 Å². The van der Waals surface area contributed by atoms with Gasteiger partial charge in [-0.1, -0.05) is 0 Å². The van der Waals surface area contributed by atoms with E-state index >= 15 is 0 Å². The highest BCUT2D eigenvalue weighted by Crippen LogP contribution is 2.35. The van der Waals surface area contributed by atoms with Crippen molar-refractivity contribution in [3.8, 4) is 0 Å². The van der Waals surface area contributed by atoms with Crippen LogP contribution in [0.1, 0.15) is 25.7 Å². The quantitative estimate of drug-likeness (QED) is 0.770. The predicted molar refractivity (Wildman–Crippen MR) is 66.0 cm³/mol. The van der Waals surface area contributed by atoms with Crippen LogP contribution >= 0.6 is 0 Å². The fourth-order valence-electron chi connectivity index (χ4n) is 3.69. The van der Waals surface area contributed by atoms with Gasteiger partial charge in [0, 0.05) is 38.3 Å². The highest BCUT2D eigenvalue weighted by molar-refractivity contribution is 4.95. The van der Waals surface area contributed by atoms with E-state index in [0.717, 1.165) is 39.1 Å². The molecule has 0 spiro atoms. The van der Waals surface area contributed by atoms with Crippen LogP contribution in [0, 0.1) is 0 Å². The standard InChI is InChI=1S/C13H24N2O2/c16-13-9-11-1-2-12(10-13)15(11)4-3-14-5-7-17-8-6-14/h11-13,16H,1-10H2. The second kappa shape index (κ2) is 5.22. The molecule has 0 amide bonds. The van der Waals surface area contributed by atoms with Gasteiger partial charge in [-0.15, -0.1) is 0 Å². The number of hydrogen-bond acceptors (Lipinski definition) is 4. The number of fused-ring (bicyclic) bond motifs is 2. The Balaban J connectivity index is 1.48. The molecule has 4 nitrogen and oxygen atoms in total. The highest BCUT2D eigenvalue weighted by atomic mass is 16.5. The minimum absolute atomic E-state index is 0.0351. The Hall–Kier alpha value is -0.160.